The number of anilines is 1. The molecule has 3 rings (SSSR count). The maximum Gasteiger partial charge on any atom is 0.261 e. The monoisotopic (exact) mass is 472 g/mol. The van der Waals surface area contributed by atoms with Gasteiger partial charge in [-0.15, -0.1) is 0 Å². The van der Waals surface area contributed by atoms with Gasteiger partial charge in [0.1, 0.15) is 0 Å². The highest BCUT2D eigenvalue weighted by Gasteiger charge is 2.17. The average molecular weight is 473 g/mol. The third-order valence-corrected chi connectivity index (χ3v) is 6.35. The van der Waals surface area contributed by atoms with Crippen molar-refractivity contribution in [2.24, 2.45) is 0 Å². The minimum Gasteiger partial charge on any atom is -0.381 e. The summed E-state index contributed by atoms with van der Waals surface area (Å²) in [5, 5.41) is 3.08. The van der Waals surface area contributed by atoms with Gasteiger partial charge in [-0.2, -0.15) is 0 Å². The molecule has 0 aliphatic rings. The van der Waals surface area contributed by atoms with E-state index in [1.807, 2.05) is 18.2 Å². The van der Waals surface area contributed by atoms with Crippen molar-refractivity contribution < 1.29 is 17.9 Å². The van der Waals surface area contributed by atoms with E-state index < -0.39 is 10.0 Å². The van der Waals surface area contributed by atoms with Crippen LogP contribution < -0.4 is 10.0 Å². The summed E-state index contributed by atoms with van der Waals surface area (Å²) in [5.41, 5.74) is 1.76. The van der Waals surface area contributed by atoms with Crippen molar-refractivity contribution in [3.63, 3.8) is 0 Å². The van der Waals surface area contributed by atoms with Gasteiger partial charge in [-0.1, -0.05) is 60.1 Å². The molecule has 0 bridgehead atoms. The minimum absolute atomic E-state index is 0.0192. The number of halogens is 1. The molecule has 0 heterocycles. The molecule has 0 saturated carbocycles. The summed E-state index contributed by atoms with van der Waals surface area (Å²) >= 11 is 6.03. The molecular formula is C24H25ClN2O4S. The fourth-order valence-electron chi connectivity index (χ4n) is 2.97. The number of hydrogen-bond acceptors (Lipinski definition) is 4. The number of carbonyl (C=O) groups is 1. The second kappa shape index (κ2) is 11.7. The lowest BCUT2D eigenvalue weighted by Gasteiger charge is -2.11. The van der Waals surface area contributed by atoms with Crippen LogP contribution in [0.4, 0.5) is 5.69 Å². The lowest BCUT2D eigenvalue weighted by Crippen LogP contribution is -2.25. The van der Waals surface area contributed by atoms with Crippen molar-refractivity contribution in [3.05, 3.63) is 95.0 Å². The maximum atomic E-state index is 12.7. The predicted molar refractivity (Wildman–Crippen MR) is 127 cm³/mol. The van der Waals surface area contributed by atoms with Crippen LogP contribution in [0.1, 0.15) is 22.3 Å². The van der Waals surface area contributed by atoms with Gasteiger partial charge >= 0.3 is 0 Å². The smallest absolute Gasteiger partial charge is 0.261 e. The van der Waals surface area contributed by atoms with E-state index in [-0.39, 0.29) is 27.1 Å². The van der Waals surface area contributed by atoms with Crippen molar-refractivity contribution in [1.29, 1.82) is 0 Å². The van der Waals surface area contributed by atoms with E-state index in [1.165, 1.54) is 23.8 Å². The molecule has 0 aromatic heterocycles. The number of sulfonamides is 1. The van der Waals surface area contributed by atoms with Gasteiger partial charge in [0.2, 0.25) is 0 Å². The molecular weight excluding hydrogens is 448 g/mol. The van der Waals surface area contributed by atoms with Gasteiger partial charge in [0, 0.05) is 18.7 Å². The summed E-state index contributed by atoms with van der Waals surface area (Å²) in [6.45, 7) is 1.58. The SMILES string of the molecule is O=C(NCCCOCCc1ccccc1)c1cccc(S(=O)(=O)Nc2ccccc2Cl)c1. The maximum absolute atomic E-state index is 12.7. The van der Waals surface area contributed by atoms with Gasteiger partial charge in [0.15, 0.2) is 0 Å². The molecule has 3 aromatic carbocycles. The van der Waals surface area contributed by atoms with E-state index in [0.717, 1.165) is 6.42 Å². The molecule has 2 N–H and O–H groups in total. The number of para-hydroxylation sites is 1. The molecule has 3 aromatic rings. The molecule has 0 radical (unpaired) electrons. The standard InChI is InChI=1S/C24H25ClN2O4S/c25-22-12-4-5-13-23(22)27-32(29,30)21-11-6-10-20(18-21)24(28)26-15-7-16-31-17-14-19-8-2-1-3-9-19/h1-6,8-13,18,27H,7,14-17H2,(H,26,28). The lowest BCUT2D eigenvalue weighted by molar-refractivity contribution is 0.0942. The largest absolute Gasteiger partial charge is 0.381 e. The van der Waals surface area contributed by atoms with Gasteiger partial charge in [-0.3, -0.25) is 9.52 Å². The van der Waals surface area contributed by atoms with Crippen LogP contribution in [0.25, 0.3) is 0 Å². The molecule has 32 heavy (non-hydrogen) atoms. The van der Waals surface area contributed by atoms with E-state index in [0.29, 0.717) is 26.2 Å². The van der Waals surface area contributed by atoms with Crippen LogP contribution in [0.3, 0.4) is 0 Å². The Morgan fingerprint density at radius 2 is 1.66 bits per heavy atom. The summed E-state index contributed by atoms with van der Waals surface area (Å²) < 4.78 is 33.4. The Bertz CT molecular complexity index is 1140. The first kappa shape index (κ1) is 23.8. The zero-order chi connectivity index (χ0) is 22.8. The first-order valence-corrected chi connectivity index (χ1v) is 12.1. The number of hydrogen-bond donors (Lipinski definition) is 2. The van der Waals surface area contributed by atoms with E-state index >= 15 is 0 Å². The van der Waals surface area contributed by atoms with E-state index in [1.54, 1.807) is 30.3 Å². The second-order valence-electron chi connectivity index (χ2n) is 7.07. The number of nitrogens with one attached hydrogen (secondary N) is 2. The minimum atomic E-state index is -3.88. The third kappa shape index (κ3) is 7.09. The van der Waals surface area contributed by atoms with Gasteiger partial charge in [-0.05, 0) is 48.7 Å². The molecule has 0 aliphatic heterocycles. The molecule has 6 nitrogen and oxygen atoms in total. The summed E-state index contributed by atoms with van der Waals surface area (Å²) in [7, 11) is -3.88. The number of carbonyl (C=O) groups excluding carboxylic acids is 1. The first-order valence-electron chi connectivity index (χ1n) is 10.2. The molecule has 0 atom stereocenters. The number of benzene rings is 3. The Morgan fingerprint density at radius 3 is 2.44 bits per heavy atom. The Labute approximate surface area is 193 Å². The van der Waals surface area contributed by atoms with Crippen molar-refractivity contribution in [1.82, 2.24) is 5.32 Å². The molecule has 8 heteroatoms. The highest BCUT2D eigenvalue weighted by molar-refractivity contribution is 7.92. The summed E-state index contributed by atoms with van der Waals surface area (Å²) in [6.07, 6.45) is 1.50. The second-order valence-corrected chi connectivity index (χ2v) is 9.16. The Hall–Kier alpha value is -2.87. The Balaban J connectivity index is 1.46. The molecule has 0 fully saturated rings. The van der Waals surface area contributed by atoms with Crippen LogP contribution in [0.5, 0.6) is 0 Å². The predicted octanol–water partition coefficient (Wildman–Crippen LogP) is 4.52. The Kier molecular flexibility index (Phi) is 8.67. The Morgan fingerprint density at radius 1 is 0.906 bits per heavy atom. The zero-order valence-corrected chi connectivity index (χ0v) is 19.0. The van der Waals surface area contributed by atoms with Crippen LogP contribution in [-0.4, -0.2) is 34.1 Å². The van der Waals surface area contributed by atoms with Crippen LogP contribution in [-0.2, 0) is 21.2 Å². The van der Waals surface area contributed by atoms with E-state index in [2.05, 4.69) is 22.2 Å². The first-order chi connectivity index (χ1) is 15.5. The summed E-state index contributed by atoms with van der Waals surface area (Å²) in [4.78, 5) is 12.4. The van der Waals surface area contributed by atoms with Crippen molar-refractivity contribution >= 4 is 33.2 Å². The van der Waals surface area contributed by atoms with E-state index in [4.69, 9.17) is 16.3 Å². The zero-order valence-electron chi connectivity index (χ0n) is 17.5. The summed E-state index contributed by atoms with van der Waals surface area (Å²) in [5.74, 6) is -0.343. The molecule has 1 amide bonds. The fourth-order valence-corrected chi connectivity index (χ4v) is 4.33. The molecule has 0 unspecified atom stereocenters. The number of ether oxygens (including phenoxy) is 1. The van der Waals surface area contributed by atoms with Crippen molar-refractivity contribution in [3.8, 4) is 0 Å². The van der Waals surface area contributed by atoms with Gasteiger partial charge in [0.05, 0.1) is 22.2 Å². The number of rotatable bonds is 11. The van der Waals surface area contributed by atoms with Crippen LogP contribution in [0.2, 0.25) is 5.02 Å². The quantitative estimate of drug-likeness (QED) is 0.402. The van der Waals surface area contributed by atoms with Crippen LogP contribution in [0, 0.1) is 0 Å². The molecule has 0 aliphatic carbocycles. The molecule has 168 valence electrons. The summed E-state index contributed by atoms with van der Waals surface area (Å²) in [6, 6.07) is 22.5. The van der Waals surface area contributed by atoms with Crippen molar-refractivity contribution in [2.45, 2.75) is 17.7 Å². The number of amides is 1. The van der Waals surface area contributed by atoms with Gasteiger partial charge < -0.3 is 10.1 Å². The molecule has 0 spiro atoms. The fraction of sp³-hybridized carbons (Fsp3) is 0.208. The van der Waals surface area contributed by atoms with Gasteiger partial charge in [0.25, 0.3) is 15.9 Å². The van der Waals surface area contributed by atoms with Gasteiger partial charge in [-0.25, -0.2) is 8.42 Å². The van der Waals surface area contributed by atoms with E-state index in [9.17, 15) is 13.2 Å². The normalized spacial score (nSPS) is 11.2. The van der Waals surface area contributed by atoms with Crippen LogP contribution in [0.15, 0.2) is 83.8 Å². The third-order valence-electron chi connectivity index (χ3n) is 4.65. The van der Waals surface area contributed by atoms with Crippen LogP contribution >= 0.6 is 11.6 Å². The highest BCUT2D eigenvalue weighted by atomic mass is 35.5. The molecule has 0 saturated heterocycles. The highest BCUT2D eigenvalue weighted by Crippen LogP contribution is 2.24. The topological polar surface area (TPSA) is 84.5 Å². The lowest BCUT2D eigenvalue weighted by atomic mass is 10.2. The average Bonchev–Trinajstić information content (AvgIpc) is 2.80. The van der Waals surface area contributed by atoms with Crippen molar-refractivity contribution in [2.75, 3.05) is 24.5 Å².